The van der Waals surface area contributed by atoms with Crippen LogP contribution in [0.15, 0.2) is 40.0 Å². The lowest BCUT2D eigenvalue weighted by Gasteiger charge is -2.26. The summed E-state index contributed by atoms with van der Waals surface area (Å²) in [4.78, 5) is 30.8. The van der Waals surface area contributed by atoms with Crippen molar-refractivity contribution < 1.29 is 4.79 Å². The summed E-state index contributed by atoms with van der Waals surface area (Å²) in [6, 6.07) is 11.7. The molecule has 0 N–H and O–H groups in total. The Bertz CT molecular complexity index is 1240. The lowest BCUT2D eigenvalue weighted by Crippen LogP contribution is -2.33. The minimum Gasteiger partial charge on any atom is -0.357 e. The lowest BCUT2D eigenvalue weighted by atomic mass is 10.0. The van der Waals surface area contributed by atoms with Crippen LogP contribution in [-0.4, -0.2) is 32.8 Å². The van der Waals surface area contributed by atoms with Crippen LogP contribution in [0.5, 0.6) is 0 Å². The Hall–Kier alpha value is -2.89. The monoisotopic (exact) mass is 478 g/mol. The van der Waals surface area contributed by atoms with E-state index in [2.05, 4.69) is 11.0 Å². The fourth-order valence-corrected chi connectivity index (χ4v) is 5.93. The van der Waals surface area contributed by atoms with E-state index >= 15 is 0 Å². The van der Waals surface area contributed by atoms with Crippen LogP contribution in [0.2, 0.25) is 0 Å². The number of thioether (sulfide) groups is 1. The van der Waals surface area contributed by atoms with Gasteiger partial charge in [-0.3, -0.25) is 19.1 Å². The zero-order valence-electron chi connectivity index (χ0n) is 19.0. The van der Waals surface area contributed by atoms with Crippen molar-refractivity contribution in [2.75, 3.05) is 18.0 Å². The average molecular weight is 479 g/mol. The van der Waals surface area contributed by atoms with E-state index in [-0.39, 0.29) is 23.1 Å². The summed E-state index contributed by atoms with van der Waals surface area (Å²) in [5, 5.41) is 9.70. The van der Waals surface area contributed by atoms with E-state index < -0.39 is 0 Å². The van der Waals surface area contributed by atoms with Crippen LogP contribution < -0.4 is 10.5 Å². The maximum atomic E-state index is 13.5. The third kappa shape index (κ3) is 4.11. The maximum Gasteiger partial charge on any atom is 0.270 e. The van der Waals surface area contributed by atoms with Gasteiger partial charge in [-0.05, 0) is 50.8 Å². The standard InChI is InChI=1S/C25H26N4O2S2/c1-4-28-22(27-12-8-9-13-27)19(16(2)20(15-26)23(28)30)14-21-24(31)29(25(32)33-21)17(3)18-10-6-5-7-11-18/h5-7,10-11,14,17H,4,8-9,12-13H2,1-3H3. The molecule has 2 aromatic rings. The Morgan fingerprint density at radius 2 is 1.88 bits per heavy atom. The fourth-order valence-electron chi connectivity index (χ4n) is 4.53. The van der Waals surface area contributed by atoms with E-state index in [1.165, 1.54) is 11.8 Å². The Morgan fingerprint density at radius 3 is 2.48 bits per heavy atom. The topological polar surface area (TPSA) is 69.3 Å². The lowest BCUT2D eigenvalue weighted by molar-refractivity contribution is -0.123. The van der Waals surface area contributed by atoms with Crippen molar-refractivity contribution in [2.24, 2.45) is 0 Å². The van der Waals surface area contributed by atoms with E-state index in [1.807, 2.05) is 50.3 Å². The predicted octanol–water partition coefficient (Wildman–Crippen LogP) is 4.61. The van der Waals surface area contributed by atoms with E-state index in [0.29, 0.717) is 21.3 Å². The molecular weight excluding hydrogens is 452 g/mol. The van der Waals surface area contributed by atoms with E-state index in [4.69, 9.17) is 12.2 Å². The van der Waals surface area contributed by atoms with Crippen LogP contribution in [0.1, 0.15) is 55.0 Å². The van der Waals surface area contributed by atoms with Crippen LogP contribution in [-0.2, 0) is 11.3 Å². The Balaban J connectivity index is 1.83. The van der Waals surface area contributed by atoms with Gasteiger partial charge in [0.15, 0.2) is 0 Å². The quantitative estimate of drug-likeness (QED) is 0.462. The average Bonchev–Trinajstić information content (AvgIpc) is 3.44. The first-order valence-corrected chi connectivity index (χ1v) is 12.4. The van der Waals surface area contributed by atoms with Crippen LogP contribution in [0.3, 0.4) is 0 Å². The molecule has 2 saturated heterocycles. The number of amides is 1. The molecule has 0 bridgehead atoms. The highest BCUT2D eigenvalue weighted by atomic mass is 32.2. The van der Waals surface area contributed by atoms with Gasteiger partial charge in [0.25, 0.3) is 11.5 Å². The van der Waals surface area contributed by atoms with Crippen molar-refractivity contribution in [2.45, 2.75) is 46.2 Å². The van der Waals surface area contributed by atoms with Gasteiger partial charge in [0, 0.05) is 25.2 Å². The summed E-state index contributed by atoms with van der Waals surface area (Å²) < 4.78 is 2.17. The Labute approximate surface area is 203 Å². The van der Waals surface area contributed by atoms with Crippen molar-refractivity contribution in [1.82, 2.24) is 9.47 Å². The Kier molecular flexibility index (Phi) is 6.73. The van der Waals surface area contributed by atoms with E-state index in [1.54, 1.807) is 16.4 Å². The number of hydrogen-bond acceptors (Lipinski definition) is 6. The number of carbonyl (C=O) groups excluding carboxylic acids is 1. The molecule has 0 aliphatic carbocycles. The first kappa shape index (κ1) is 23.3. The second kappa shape index (κ2) is 9.54. The predicted molar refractivity (Wildman–Crippen MR) is 137 cm³/mol. The number of rotatable bonds is 5. The van der Waals surface area contributed by atoms with Gasteiger partial charge in [0.1, 0.15) is 21.8 Å². The maximum absolute atomic E-state index is 13.5. The number of thiocarbonyl (C=S) groups is 1. The minimum absolute atomic E-state index is 0.124. The summed E-state index contributed by atoms with van der Waals surface area (Å²) >= 11 is 6.86. The molecule has 3 heterocycles. The summed E-state index contributed by atoms with van der Waals surface area (Å²) in [6.07, 6.45) is 3.92. The molecule has 2 fully saturated rings. The molecule has 0 spiro atoms. The van der Waals surface area contributed by atoms with Crippen LogP contribution in [0.4, 0.5) is 5.82 Å². The molecule has 8 heteroatoms. The smallest absolute Gasteiger partial charge is 0.270 e. The number of hydrogen-bond donors (Lipinski definition) is 0. The molecule has 2 aliphatic rings. The highest BCUT2D eigenvalue weighted by Gasteiger charge is 2.36. The molecule has 1 aromatic carbocycles. The number of nitriles is 1. The number of pyridine rings is 1. The third-order valence-corrected chi connectivity index (χ3v) is 7.67. The number of aromatic nitrogens is 1. The van der Waals surface area contributed by atoms with Gasteiger partial charge < -0.3 is 4.90 Å². The third-order valence-electron chi connectivity index (χ3n) is 6.34. The SMILES string of the molecule is CCn1c(N2CCCC2)c(C=C2SC(=S)N(C(C)c3ccccc3)C2=O)c(C)c(C#N)c1=O. The number of nitrogens with zero attached hydrogens (tertiary/aromatic N) is 4. The van der Waals surface area contributed by atoms with Crippen molar-refractivity contribution in [3.8, 4) is 6.07 Å². The molecule has 4 rings (SSSR count). The number of carbonyl (C=O) groups is 1. The van der Waals surface area contributed by atoms with E-state index in [0.717, 1.165) is 42.9 Å². The van der Waals surface area contributed by atoms with Crippen LogP contribution in [0.25, 0.3) is 6.08 Å². The van der Waals surface area contributed by atoms with Crippen molar-refractivity contribution in [3.63, 3.8) is 0 Å². The van der Waals surface area contributed by atoms with Crippen molar-refractivity contribution in [3.05, 3.63) is 67.8 Å². The van der Waals surface area contributed by atoms with Crippen LogP contribution >= 0.6 is 24.0 Å². The van der Waals surface area contributed by atoms with Gasteiger partial charge >= 0.3 is 0 Å². The molecule has 0 radical (unpaired) electrons. The van der Waals surface area contributed by atoms with Gasteiger partial charge in [-0.1, -0.05) is 54.3 Å². The molecule has 2 aliphatic heterocycles. The number of anilines is 1. The van der Waals surface area contributed by atoms with Gasteiger partial charge in [-0.25, -0.2) is 0 Å². The molecule has 1 amide bonds. The Morgan fingerprint density at radius 1 is 1.21 bits per heavy atom. The first-order chi connectivity index (χ1) is 15.9. The highest BCUT2D eigenvalue weighted by molar-refractivity contribution is 8.26. The first-order valence-electron chi connectivity index (χ1n) is 11.1. The fraction of sp³-hybridized carbons (Fsp3) is 0.360. The highest BCUT2D eigenvalue weighted by Crippen LogP contribution is 2.40. The second-order valence-corrected chi connectivity index (χ2v) is 9.91. The molecule has 6 nitrogen and oxygen atoms in total. The van der Waals surface area contributed by atoms with Gasteiger partial charge in [0.2, 0.25) is 0 Å². The molecule has 1 unspecified atom stereocenters. The minimum atomic E-state index is -0.276. The van der Waals surface area contributed by atoms with Gasteiger partial charge in [0.05, 0.1) is 10.9 Å². The summed E-state index contributed by atoms with van der Waals surface area (Å²) in [5.41, 5.74) is 2.22. The largest absolute Gasteiger partial charge is 0.357 e. The van der Waals surface area contributed by atoms with Crippen molar-refractivity contribution in [1.29, 1.82) is 5.26 Å². The summed E-state index contributed by atoms with van der Waals surface area (Å²) in [5.74, 6) is 0.638. The normalized spacial score (nSPS) is 18.3. The van der Waals surface area contributed by atoms with Crippen molar-refractivity contribution >= 4 is 46.1 Å². The van der Waals surface area contributed by atoms with Gasteiger partial charge in [-0.2, -0.15) is 5.26 Å². The summed E-state index contributed by atoms with van der Waals surface area (Å²) in [6.45, 7) is 7.80. The van der Waals surface area contributed by atoms with E-state index in [9.17, 15) is 14.9 Å². The zero-order valence-corrected chi connectivity index (χ0v) is 20.6. The molecule has 1 aromatic heterocycles. The molecule has 0 saturated carbocycles. The number of benzene rings is 1. The molecular formula is C25H26N4O2S2. The molecule has 33 heavy (non-hydrogen) atoms. The zero-order chi connectivity index (χ0) is 23.7. The summed E-state index contributed by atoms with van der Waals surface area (Å²) in [7, 11) is 0. The molecule has 170 valence electrons. The van der Waals surface area contributed by atoms with Crippen LogP contribution in [0, 0.1) is 18.3 Å². The second-order valence-electron chi connectivity index (χ2n) is 8.23. The molecule has 1 atom stereocenters. The van der Waals surface area contributed by atoms with Gasteiger partial charge in [-0.15, -0.1) is 0 Å².